The number of esters is 1. The maximum absolute atomic E-state index is 11.5. The first kappa shape index (κ1) is 12.3. The van der Waals surface area contributed by atoms with E-state index in [1.165, 1.54) is 26.4 Å². The molecule has 0 bridgehead atoms. The zero-order valence-corrected chi connectivity index (χ0v) is 9.48. The molecule has 0 fully saturated rings. The van der Waals surface area contributed by atoms with Gasteiger partial charge in [0.05, 0.1) is 14.2 Å². The Kier molecular flexibility index (Phi) is 3.73. The minimum Gasteiger partial charge on any atom is -0.507 e. The lowest BCUT2D eigenvalue weighted by Gasteiger charge is -2.13. The molecule has 88 valence electrons. The molecule has 0 aliphatic carbocycles. The van der Waals surface area contributed by atoms with Crippen molar-refractivity contribution in [2.75, 3.05) is 14.2 Å². The first-order valence-corrected chi connectivity index (χ1v) is 4.76. The lowest BCUT2D eigenvalue weighted by molar-refractivity contribution is 0.0597. The highest BCUT2D eigenvalue weighted by molar-refractivity contribution is 5.93. The van der Waals surface area contributed by atoms with Crippen LogP contribution in [0.5, 0.6) is 11.5 Å². The monoisotopic (exact) mass is 225 g/mol. The number of methoxy groups -OCH3 is 2. The molecule has 3 N–H and O–H groups in total. The van der Waals surface area contributed by atoms with E-state index in [1.54, 1.807) is 6.92 Å². The molecule has 16 heavy (non-hydrogen) atoms. The second kappa shape index (κ2) is 4.85. The Hall–Kier alpha value is -1.75. The zero-order valence-electron chi connectivity index (χ0n) is 9.48. The van der Waals surface area contributed by atoms with Crippen LogP contribution in [0.15, 0.2) is 12.1 Å². The van der Waals surface area contributed by atoms with Gasteiger partial charge >= 0.3 is 5.97 Å². The van der Waals surface area contributed by atoms with Gasteiger partial charge in [0, 0.05) is 17.7 Å². The van der Waals surface area contributed by atoms with Crippen molar-refractivity contribution in [3.63, 3.8) is 0 Å². The number of ether oxygens (including phenoxy) is 2. The first-order valence-electron chi connectivity index (χ1n) is 4.76. The smallest absolute Gasteiger partial charge is 0.341 e. The van der Waals surface area contributed by atoms with Crippen LogP contribution >= 0.6 is 0 Å². The van der Waals surface area contributed by atoms with Crippen molar-refractivity contribution in [1.82, 2.24) is 0 Å². The fourth-order valence-electron chi connectivity index (χ4n) is 1.39. The average molecular weight is 225 g/mol. The van der Waals surface area contributed by atoms with Crippen LogP contribution in [-0.2, 0) is 4.74 Å². The summed E-state index contributed by atoms with van der Waals surface area (Å²) in [7, 11) is 2.69. The molecule has 0 aliphatic rings. The minimum atomic E-state index is -0.529. The number of hydrogen-bond donors (Lipinski definition) is 2. The molecule has 0 saturated heterocycles. The molecule has 0 radical (unpaired) electrons. The van der Waals surface area contributed by atoms with Gasteiger partial charge in [-0.15, -0.1) is 0 Å². The Morgan fingerprint density at radius 1 is 1.44 bits per heavy atom. The molecule has 0 heterocycles. The molecule has 0 aliphatic heterocycles. The second-order valence-electron chi connectivity index (χ2n) is 3.39. The van der Waals surface area contributed by atoms with Crippen LogP contribution in [0.1, 0.15) is 28.9 Å². The van der Waals surface area contributed by atoms with Crippen LogP contribution in [-0.4, -0.2) is 25.3 Å². The highest BCUT2D eigenvalue weighted by Crippen LogP contribution is 2.31. The Morgan fingerprint density at radius 3 is 2.50 bits per heavy atom. The van der Waals surface area contributed by atoms with Crippen molar-refractivity contribution in [1.29, 1.82) is 0 Å². The lowest BCUT2D eigenvalue weighted by atomic mass is 10.0. The van der Waals surface area contributed by atoms with Crippen LogP contribution in [0.3, 0.4) is 0 Å². The number of phenols is 1. The predicted molar refractivity (Wildman–Crippen MR) is 58.6 cm³/mol. The maximum Gasteiger partial charge on any atom is 0.341 e. The van der Waals surface area contributed by atoms with Gasteiger partial charge in [0.25, 0.3) is 0 Å². The molecule has 1 unspecified atom stereocenters. The fourth-order valence-corrected chi connectivity index (χ4v) is 1.39. The number of carbonyl (C=O) groups excluding carboxylic acids is 1. The standard InChI is InChI=1S/C11H15NO4/c1-6(12)7-4-8(11(14)16-3)10(15-2)5-9(7)13/h4-6,13H,12H2,1-3H3. The van der Waals surface area contributed by atoms with E-state index in [9.17, 15) is 9.90 Å². The summed E-state index contributed by atoms with van der Waals surface area (Å²) < 4.78 is 9.59. The SMILES string of the molecule is COC(=O)c1cc(C(C)N)c(O)cc1OC. The largest absolute Gasteiger partial charge is 0.507 e. The van der Waals surface area contributed by atoms with Gasteiger partial charge < -0.3 is 20.3 Å². The quantitative estimate of drug-likeness (QED) is 0.755. The Balaban J connectivity index is 3.34. The zero-order chi connectivity index (χ0) is 12.3. The molecule has 1 aromatic carbocycles. The van der Waals surface area contributed by atoms with E-state index in [1.807, 2.05) is 0 Å². The number of rotatable bonds is 3. The second-order valence-corrected chi connectivity index (χ2v) is 3.39. The van der Waals surface area contributed by atoms with E-state index < -0.39 is 5.97 Å². The molecule has 0 amide bonds. The molecule has 5 nitrogen and oxygen atoms in total. The normalized spacial score (nSPS) is 12.0. The number of carbonyl (C=O) groups is 1. The van der Waals surface area contributed by atoms with Gasteiger partial charge in [0.15, 0.2) is 0 Å². The van der Waals surface area contributed by atoms with E-state index in [0.717, 1.165) is 0 Å². The van der Waals surface area contributed by atoms with Gasteiger partial charge in [-0.1, -0.05) is 0 Å². The van der Waals surface area contributed by atoms with Crippen LogP contribution in [0.2, 0.25) is 0 Å². The van der Waals surface area contributed by atoms with E-state index in [-0.39, 0.29) is 23.1 Å². The van der Waals surface area contributed by atoms with Crippen molar-refractivity contribution in [3.8, 4) is 11.5 Å². The molecule has 0 saturated carbocycles. The van der Waals surface area contributed by atoms with Gasteiger partial charge in [-0.3, -0.25) is 0 Å². The van der Waals surface area contributed by atoms with Crippen molar-refractivity contribution in [2.45, 2.75) is 13.0 Å². The number of nitrogens with two attached hydrogens (primary N) is 1. The topological polar surface area (TPSA) is 81.8 Å². The summed E-state index contributed by atoms with van der Waals surface area (Å²) in [5, 5.41) is 9.66. The van der Waals surface area contributed by atoms with Crippen LogP contribution in [0, 0.1) is 0 Å². The Labute approximate surface area is 93.8 Å². The number of benzene rings is 1. The molecular formula is C11H15NO4. The number of hydrogen-bond acceptors (Lipinski definition) is 5. The van der Waals surface area contributed by atoms with Crippen LogP contribution < -0.4 is 10.5 Å². The van der Waals surface area contributed by atoms with E-state index in [0.29, 0.717) is 5.56 Å². The summed E-state index contributed by atoms with van der Waals surface area (Å²) in [6, 6.07) is 2.45. The summed E-state index contributed by atoms with van der Waals surface area (Å²) >= 11 is 0. The average Bonchev–Trinajstić information content (AvgIpc) is 2.27. The summed E-state index contributed by atoms with van der Waals surface area (Å²) in [6.07, 6.45) is 0. The van der Waals surface area contributed by atoms with E-state index >= 15 is 0 Å². The summed E-state index contributed by atoms with van der Waals surface area (Å²) in [6.45, 7) is 1.71. The van der Waals surface area contributed by atoms with Gasteiger partial charge in [-0.2, -0.15) is 0 Å². The van der Waals surface area contributed by atoms with Crippen LogP contribution in [0.25, 0.3) is 0 Å². The lowest BCUT2D eigenvalue weighted by Crippen LogP contribution is -2.09. The summed E-state index contributed by atoms with van der Waals surface area (Å²) in [4.78, 5) is 11.5. The van der Waals surface area contributed by atoms with Gasteiger partial charge in [0.1, 0.15) is 17.1 Å². The van der Waals surface area contributed by atoms with Crippen molar-refractivity contribution in [2.24, 2.45) is 5.73 Å². The Morgan fingerprint density at radius 2 is 2.06 bits per heavy atom. The third-order valence-corrected chi connectivity index (χ3v) is 2.24. The summed E-state index contributed by atoms with van der Waals surface area (Å²) in [5.74, 6) is -0.271. The minimum absolute atomic E-state index is 0.000460. The molecule has 1 rings (SSSR count). The third-order valence-electron chi connectivity index (χ3n) is 2.24. The molecule has 5 heteroatoms. The van der Waals surface area contributed by atoms with Gasteiger partial charge in [0.2, 0.25) is 0 Å². The van der Waals surface area contributed by atoms with Gasteiger partial charge in [-0.05, 0) is 13.0 Å². The highest BCUT2D eigenvalue weighted by Gasteiger charge is 2.18. The summed E-state index contributed by atoms with van der Waals surface area (Å²) in [5.41, 5.74) is 6.38. The molecule has 1 aromatic rings. The Bertz CT molecular complexity index is 401. The van der Waals surface area contributed by atoms with Crippen molar-refractivity contribution < 1.29 is 19.4 Å². The highest BCUT2D eigenvalue weighted by atomic mass is 16.5. The number of phenolic OH excluding ortho intramolecular Hbond substituents is 1. The third kappa shape index (κ3) is 2.25. The number of aromatic hydroxyl groups is 1. The molecule has 0 aromatic heterocycles. The first-order chi connectivity index (χ1) is 7.51. The molecule has 1 atom stereocenters. The van der Waals surface area contributed by atoms with Gasteiger partial charge in [-0.25, -0.2) is 4.79 Å². The van der Waals surface area contributed by atoms with Crippen molar-refractivity contribution >= 4 is 5.97 Å². The fraction of sp³-hybridized carbons (Fsp3) is 0.364. The van der Waals surface area contributed by atoms with Crippen LogP contribution in [0.4, 0.5) is 0 Å². The maximum atomic E-state index is 11.5. The predicted octanol–water partition coefficient (Wildman–Crippen LogP) is 1.21. The van der Waals surface area contributed by atoms with E-state index in [4.69, 9.17) is 10.5 Å². The van der Waals surface area contributed by atoms with Crippen molar-refractivity contribution in [3.05, 3.63) is 23.3 Å². The molecule has 0 spiro atoms. The van der Waals surface area contributed by atoms with E-state index in [2.05, 4.69) is 4.74 Å². The molecular weight excluding hydrogens is 210 g/mol.